The highest BCUT2D eigenvalue weighted by Crippen LogP contribution is 2.36. The van der Waals surface area contributed by atoms with Gasteiger partial charge in [-0.2, -0.15) is 0 Å². The van der Waals surface area contributed by atoms with Gasteiger partial charge in [0, 0.05) is 37.3 Å². The smallest absolute Gasteiger partial charge is 0.0356 e. The third-order valence-electron chi connectivity index (χ3n) is 6.56. The van der Waals surface area contributed by atoms with Crippen LogP contribution in [0, 0.1) is 0 Å². The Bertz CT molecular complexity index is 348. The second kappa shape index (κ2) is 6.53. The Morgan fingerprint density at radius 1 is 1.19 bits per heavy atom. The van der Waals surface area contributed by atoms with Crippen molar-refractivity contribution in [2.24, 2.45) is 5.73 Å². The van der Waals surface area contributed by atoms with Crippen LogP contribution in [0.15, 0.2) is 0 Å². The molecule has 0 radical (unpaired) electrons. The number of nitrogens with two attached hydrogens (primary N) is 1. The Hall–Kier alpha value is -0.160. The van der Waals surface area contributed by atoms with Crippen LogP contribution in [0.1, 0.15) is 45.4 Å². The number of rotatable bonds is 5. The van der Waals surface area contributed by atoms with E-state index < -0.39 is 0 Å². The largest absolute Gasteiger partial charge is 0.329 e. The monoisotopic (exact) mass is 294 g/mol. The van der Waals surface area contributed by atoms with Crippen LogP contribution in [0.5, 0.6) is 0 Å². The van der Waals surface area contributed by atoms with Crippen LogP contribution in [-0.2, 0) is 0 Å². The highest BCUT2D eigenvalue weighted by molar-refractivity contribution is 5.02. The molecule has 122 valence electrons. The van der Waals surface area contributed by atoms with E-state index >= 15 is 0 Å². The lowest BCUT2D eigenvalue weighted by Crippen LogP contribution is -2.61. The molecular formula is C17H34N4. The molecule has 3 unspecified atom stereocenters. The Morgan fingerprint density at radius 2 is 2.00 bits per heavy atom. The molecule has 3 atom stereocenters. The van der Waals surface area contributed by atoms with E-state index in [2.05, 4.69) is 28.7 Å². The van der Waals surface area contributed by atoms with Crippen molar-refractivity contribution in [3.8, 4) is 0 Å². The van der Waals surface area contributed by atoms with Crippen LogP contribution in [0.4, 0.5) is 0 Å². The topological polar surface area (TPSA) is 35.7 Å². The van der Waals surface area contributed by atoms with E-state index in [0.717, 1.165) is 18.6 Å². The molecule has 4 nitrogen and oxygen atoms in total. The molecule has 3 rings (SSSR count). The van der Waals surface area contributed by atoms with Gasteiger partial charge in [-0.15, -0.1) is 0 Å². The minimum Gasteiger partial charge on any atom is -0.329 e. The molecule has 0 saturated carbocycles. The van der Waals surface area contributed by atoms with Crippen LogP contribution in [0.2, 0.25) is 0 Å². The van der Waals surface area contributed by atoms with Crippen LogP contribution >= 0.6 is 0 Å². The molecule has 3 aliphatic heterocycles. The molecule has 21 heavy (non-hydrogen) atoms. The van der Waals surface area contributed by atoms with Gasteiger partial charge < -0.3 is 10.6 Å². The lowest BCUT2D eigenvalue weighted by Gasteiger charge is -2.50. The van der Waals surface area contributed by atoms with Gasteiger partial charge in [-0.1, -0.05) is 6.92 Å². The zero-order valence-corrected chi connectivity index (χ0v) is 14.1. The van der Waals surface area contributed by atoms with Gasteiger partial charge in [-0.05, 0) is 65.2 Å². The lowest BCUT2D eigenvalue weighted by molar-refractivity contribution is 0.0143. The number of likely N-dealkylation sites (tertiary alicyclic amines) is 1. The number of hydrogen-bond donors (Lipinski definition) is 1. The fourth-order valence-corrected chi connectivity index (χ4v) is 5.03. The van der Waals surface area contributed by atoms with E-state index in [-0.39, 0.29) is 5.54 Å². The Labute approximate surface area is 130 Å². The molecule has 3 fully saturated rings. The van der Waals surface area contributed by atoms with Gasteiger partial charge in [-0.25, -0.2) is 0 Å². The molecule has 0 amide bonds. The Balaban J connectivity index is 1.64. The summed E-state index contributed by atoms with van der Waals surface area (Å²) in [5.74, 6) is 0. The van der Waals surface area contributed by atoms with E-state index in [0.29, 0.717) is 0 Å². The van der Waals surface area contributed by atoms with E-state index in [1.54, 1.807) is 0 Å². The van der Waals surface area contributed by atoms with E-state index in [1.165, 1.54) is 71.2 Å². The number of fused-ring (bicyclic) bond motifs is 1. The maximum absolute atomic E-state index is 6.29. The molecular weight excluding hydrogens is 260 g/mol. The van der Waals surface area contributed by atoms with Crippen LogP contribution in [0.3, 0.4) is 0 Å². The zero-order valence-electron chi connectivity index (χ0n) is 14.1. The zero-order chi connectivity index (χ0) is 14.9. The molecule has 3 saturated heterocycles. The summed E-state index contributed by atoms with van der Waals surface area (Å²) in [5, 5.41) is 0. The number of piperidine rings is 1. The van der Waals surface area contributed by atoms with E-state index in [4.69, 9.17) is 5.73 Å². The summed E-state index contributed by atoms with van der Waals surface area (Å²) in [6.07, 6.45) is 8.07. The normalized spacial score (nSPS) is 38.3. The predicted molar refractivity (Wildman–Crippen MR) is 88.5 cm³/mol. The van der Waals surface area contributed by atoms with Gasteiger partial charge in [0.25, 0.3) is 0 Å². The molecule has 0 aliphatic carbocycles. The predicted octanol–water partition coefficient (Wildman–Crippen LogP) is 1.36. The third kappa shape index (κ3) is 3.00. The molecule has 2 N–H and O–H groups in total. The van der Waals surface area contributed by atoms with Gasteiger partial charge in [-0.3, -0.25) is 9.80 Å². The van der Waals surface area contributed by atoms with Gasteiger partial charge in [0.05, 0.1) is 0 Å². The first kappa shape index (κ1) is 15.7. The number of likely N-dealkylation sites (N-methyl/N-ethyl adjacent to an activating group) is 2. The second-order valence-electron chi connectivity index (χ2n) is 7.52. The van der Waals surface area contributed by atoms with Crippen molar-refractivity contribution in [3.63, 3.8) is 0 Å². The van der Waals surface area contributed by atoms with Crippen molar-refractivity contribution >= 4 is 0 Å². The van der Waals surface area contributed by atoms with Crippen molar-refractivity contribution in [3.05, 3.63) is 0 Å². The number of hydrogen-bond acceptors (Lipinski definition) is 4. The van der Waals surface area contributed by atoms with Crippen molar-refractivity contribution < 1.29 is 0 Å². The molecule has 0 spiro atoms. The maximum Gasteiger partial charge on any atom is 0.0356 e. The first-order valence-corrected chi connectivity index (χ1v) is 9.08. The lowest BCUT2D eigenvalue weighted by atomic mass is 9.81. The SMILES string of the molecule is CCN1CCCC1CN(C)C1(CN)CCN2CCCC2C1. The molecule has 3 aliphatic rings. The van der Waals surface area contributed by atoms with Gasteiger partial charge in [0.15, 0.2) is 0 Å². The molecule has 0 aromatic carbocycles. The van der Waals surface area contributed by atoms with Crippen LogP contribution in [0.25, 0.3) is 0 Å². The van der Waals surface area contributed by atoms with Gasteiger partial charge >= 0.3 is 0 Å². The summed E-state index contributed by atoms with van der Waals surface area (Å²) in [7, 11) is 2.34. The minimum atomic E-state index is 0.257. The highest BCUT2D eigenvalue weighted by atomic mass is 15.3. The average molecular weight is 294 g/mol. The first-order chi connectivity index (χ1) is 10.2. The minimum absolute atomic E-state index is 0.257. The van der Waals surface area contributed by atoms with Crippen molar-refractivity contribution in [1.29, 1.82) is 0 Å². The standard InChI is InChI=1S/C17H34N4/c1-3-20-9-5-7-16(20)13-19(2)17(14-18)8-11-21-10-4-6-15(21)12-17/h15-16H,3-14,18H2,1-2H3. The summed E-state index contributed by atoms with van der Waals surface area (Å²) >= 11 is 0. The summed E-state index contributed by atoms with van der Waals surface area (Å²) in [5.41, 5.74) is 6.55. The van der Waals surface area contributed by atoms with Crippen molar-refractivity contribution in [1.82, 2.24) is 14.7 Å². The second-order valence-corrected chi connectivity index (χ2v) is 7.52. The molecule has 4 heteroatoms. The van der Waals surface area contributed by atoms with E-state index in [9.17, 15) is 0 Å². The first-order valence-electron chi connectivity index (χ1n) is 9.08. The van der Waals surface area contributed by atoms with Crippen LogP contribution in [-0.4, -0.2) is 78.6 Å². The Kier molecular flexibility index (Phi) is 4.89. The molecule has 0 aromatic heterocycles. The number of nitrogens with zero attached hydrogens (tertiary/aromatic N) is 3. The van der Waals surface area contributed by atoms with Crippen molar-refractivity contribution in [2.75, 3.05) is 46.3 Å². The highest BCUT2D eigenvalue weighted by Gasteiger charge is 2.43. The summed E-state index contributed by atoms with van der Waals surface area (Å²) in [4.78, 5) is 8.00. The maximum atomic E-state index is 6.29. The molecule has 0 bridgehead atoms. The van der Waals surface area contributed by atoms with Crippen molar-refractivity contribution in [2.45, 2.75) is 63.1 Å². The molecule has 3 heterocycles. The average Bonchev–Trinajstić information content (AvgIpc) is 3.14. The van der Waals surface area contributed by atoms with Gasteiger partial charge in [0.1, 0.15) is 0 Å². The quantitative estimate of drug-likeness (QED) is 0.830. The van der Waals surface area contributed by atoms with Crippen LogP contribution < -0.4 is 5.73 Å². The van der Waals surface area contributed by atoms with E-state index in [1.807, 2.05) is 0 Å². The Morgan fingerprint density at radius 3 is 2.76 bits per heavy atom. The summed E-state index contributed by atoms with van der Waals surface area (Å²) in [6.45, 7) is 9.40. The molecule has 0 aromatic rings. The fourth-order valence-electron chi connectivity index (χ4n) is 5.03. The fraction of sp³-hybridized carbons (Fsp3) is 1.00. The third-order valence-corrected chi connectivity index (χ3v) is 6.56. The summed E-state index contributed by atoms with van der Waals surface area (Å²) in [6, 6.07) is 1.56. The van der Waals surface area contributed by atoms with Gasteiger partial charge in [0.2, 0.25) is 0 Å². The summed E-state index contributed by atoms with van der Waals surface area (Å²) < 4.78 is 0.